The van der Waals surface area contributed by atoms with Crippen molar-refractivity contribution in [1.29, 1.82) is 0 Å². The monoisotopic (exact) mass is 179 g/mol. The normalized spacial score (nSPS) is 20.3. The molecule has 0 radical (unpaired) electrons. The van der Waals surface area contributed by atoms with Crippen molar-refractivity contribution in [2.75, 3.05) is 0 Å². The average molecular weight is 179 g/mol. The van der Waals surface area contributed by atoms with Crippen LogP contribution in [0.1, 0.15) is 36.9 Å². The molecule has 0 bridgehead atoms. The number of fused-ring (bicyclic) bond motifs is 1. The van der Waals surface area contributed by atoms with E-state index in [0.29, 0.717) is 6.04 Å². The van der Waals surface area contributed by atoms with Crippen LogP contribution >= 0.6 is 0 Å². The molecule has 1 aromatic carbocycles. The molecule has 1 aliphatic rings. The van der Waals surface area contributed by atoms with Gasteiger partial charge in [-0.25, -0.2) is 4.39 Å². The van der Waals surface area contributed by atoms with Crippen molar-refractivity contribution >= 4 is 0 Å². The summed E-state index contributed by atoms with van der Waals surface area (Å²) in [5.74, 6) is -0.127. The molecule has 2 heteroatoms. The lowest BCUT2D eigenvalue weighted by Crippen LogP contribution is -2.11. The fourth-order valence-electron chi connectivity index (χ4n) is 1.96. The van der Waals surface area contributed by atoms with Crippen LogP contribution in [0.5, 0.6) is 0 Å². The van der Waals surface area contributed by atoms with Gasteiger partial charge >= 0.3 is 0 Å². The summed E-state index contributed by atoms with van der Waals surface area (Å²) in [6.45, 7) is 2.99. The van der Waals surface area contributed by atoms with E-state index in [2.05, 4.69) is 12.2 Å². The van der Waals surface area contributed by atoms with E-state index in [1.807, 2.05) is 6.07 Å². The van der Waals surface area contributed by atoms with Crippen molar-refractivity contribution < 1.29 is 4.39 Å². The predicted octanol–water partition coefficient (Wildman–Crippen LogP) is 2.77. The zero-order chi connectivity index (χ0) is 9.26. The first-order valence-corrected chi connectivity index (χ1v) is 4.83. The first-order chi connectivity index (χ1) is 6.31. The number of nitrogens with one attached hydrogen (secondary N) is 1. The van der Waals surface area contributed by atoms with E-state index in [4.69, 9.17) is 0 Å². The zero-order valence-corrected chi connectivity index (χ0v) is 7.81. The number of hydrogen-bond acceptors (Lipinski definition) is 1. The largest absolute Gasteiger partial charge is 0.306 e. The van der Waals surface area contributed by atoms with E-state index in [1.54, 1.807) is 12.1 Å². The first kappa shape index (κ1) is 8.70. The summed E-state index contributed by atoms with van der Waals surface area (Å²) in [6.07, 6.45) is 2.30. The standard InChI is InChI=1S/C11H14FN/c1-2-3-11-10-5-4-9(12)6-8(10)7-13-11/h4-6,11,13H,2-3,7H2,1H3. The Balaban J connectivity index is 2.27. The Hall–Kier alpha value is -0.890. The number of benzene rings is 1. The third-order valence-corrected chi connectivity index (χ3v) is 2.60. The Labute approximate surface area is 78.0 Å². The molecule has 70 valence electrons. The number of hydrogen-bond donors (Lipinski definition) is 1. The summed E-state index contributed by atoms with van der Waals surface area (Å²) in [6, 6.07) is 5.54. The van der Waals surface area contributed by atoms with Gasteiger partial charge in [0.2, 0.25) is 0 Å². The lowest BCUT2D eigenvalue weighted by atomic mass is 10.0. The molecule has 0 spiro atoms. The van der Waals surface area contributed by atoms with Crippen LogP contribution in [0, 0.1) is 5.82 Å². The maximum Gasteiger partial charge on any atom is 0.123 e. The smallest absolute Gasteiger partial charge is 0.123 e. The number of halogens is 1. The van der Waals surface area contributed by atoms with Crippen LogP contribution in [0.15, 0.2) is 18.2 Å². The van der Waals surface area contributed by atoms with E-state index in [9.17, 15) is 4.39 Å². The molecule has 1 atom stereocenters. The zero-order valence-electron chi connectivity index (χ0n) is 7.81. The van der Waals surface area contributed by atoms with Crippen molar-refractivity contribution in [2.45, 2.75) is 32.4 Å². The van der Waals surface area contributed by atoms with E-state index in [1.165, 1.54) is 5.56 Å². The Morgan fingerprint density at radius 1 is 1.54 bits per heavy atom. The summed E-state index contributed by atoms with van der Waals surface area (Å²) in [5, 5.41) is 3.38. The molecule has 1 aliphatic heterocycles. The van der Waals surface area contributed by atoms with Crippen LogP contribution in [0.2, 0.25) is 0 Å². The van der Waals surface area contributed by atoms with Crippen LogP contribution < -0.4 is 5.32 Å². The van der Waals surface area contributed by atoms with Gasteiger partial charge in [-0.15, -0.1) is 0 Å². The molecule has 1 heterocycles. The summed E-state index contributed by atoms with van der Waals surface area (Å²) < 4.78 is 12.8. The van der Waals surface area contributed by atoms with Crippen molar-refractivity contribution in [3.05, 3.63) is 35.1 Å². The molecule has 1 N–H and O–H groups in total. The van der Waals surface area contributed by atoms with Gasteiger partial charge in [-0.3, -0.25) is 0 Å². The predicted molar refractivity (Wildman–Crippen MR) is 50.9 cm³/mol. The molecule has 13 heavy (non-hydrogen) atoms. The SMILES string of the molecule is CCCC1NCc2cc(F)ccc21. The lowest BCUT2D eigenvalue weighted by molar-refractivity contribution is 0.535. The second-order valence-electron chi connectivity index (χ2n) is 3.57. The van der Waals surface area contributed by atoms with E-state index in [-0.39, 0.29) is 5.82 Å². The Morgan fingerprint density at radius 2 is 2.38 bits per heavy atom. The molecule has 1 unspecified atom stereocenters. The van der Waals surface area contributed by atoms with Crippen LogP contribution in [0.3, 0.4) is 0 Å². The minimum atomic E-state index is -0.127. The van der Waals surface area contributed by atoms with Gasteiger partial charge in [0.05, 0.1) is 0 Å². The maximum absolute atomic E-state index is 12.8. The summed E-state index contributed by atoms with van der Waals surface area (Å²) in [5.41, 5.74) is 2.40. The summed E-state index contributed by atoms with van der Waals surface area (Å²) in [7, 11) is 0. The Morgan fingerprint density at radius 3 is 3.15 bits per heavy atom. The molecular weight excluding hydrogens is 165 g/mol. The van der Waals surface area contributed by atoms with Gasteiger partial charge in [-0.1, -0.05) is 19.4 Å². The van der Waals surface area contributed by atoms with Crippen LogP contribution in [-0.2, 0) is 6.54 Å². The highest BCUT2D eigenvalue weighted by molar-refractivity contribution is 5.34. The topological polar surface area (TPSA) is 12.0 Å². The van der Waals surface area contributed by atoms with Crippen molar-refractivity contribution in [3.63, 3.8) is 0 Å². The maximum atomic E-state index is 12.8. The Bertz CT molecular complexity index is 309. The van der Waals surface area contributed by atoms with E-state index < -0.39 is 0 Å². The van der Waals surface area contributed by atoms with Crippen LogP contribution in [0.4, 0.5) is 4.39 Å². The van der Waals surface area contributed by atoms with Gasteiger partial charge in [0.25, 0.3) is 0 Å². The van der Waals surface area contributed by atoms with E-state index >= 15 is 0 Å². The van der Waals surface area contributed by atoms with Crippen molar-refractivity contribution in [1.82, 2.24) is 5.32 Å². The van der Waals surface area contributed by atoms with E-state index in [0.717, 1.165) is 24.9 Å². The second-order valence-corrected chi connectivity index (χ2v) is 3.57. The molecule has 0 amide bonds. The average Bonchev–Trinajstić information content (AvgIpc) is 2.49. The third-order valence-electron chi connectivity index (χ3n) is 2.60. The molecule has 0 saturated carbocycles. The first-order valence-electron chi connectivity index (χ1n) is 4.83. The summed E-state index contributed by atoms with van der Waals surface area (Å²) in [4.78, 5) is 0. The van der Waals surface area contributed by atoms with Gasteiger partial charge in [-0.2, -0.15) is 0 Å². The van der Waals surface area contributed by atoms with Gasteiger partial charge in [0, 0.05) is 12.6 Å². The molecular formula is C11H14FN. The number of rotatable bonds is 2. The molecule has 2 rings (SSSR count). The fourth-order valence-corrected chi connectivity index (χ4v) is 1.96. The minimum Gasteiger partial charge on any atom is -0.306 e. The van der Waals surface area contributed by atoms with Crippen molar-refractivity contribution in [2.24, 2.45) is 0 Å². The van der Waals surface area contributed by atoms with Crippen LogP contribution in [-0.4, -0.2) is 0 Å². The van der Waals surface area contributed by atoms with Gasteiger partial charge < -0.3 is 5.32 Å². The third kappa shape index (κ3) is 1.59. The van der Waals surface area contributed by atoms with Crippen molar-refractivity contribution in [3.8, 4) is 0 Å². The lowest BCUT2D eigenvalue weighted by Gasteiger charge is -2.09. The molecule has 0 saturated heterocycles. The molecule has 1 nitrogen and oxygen atoms in total. The second kappa shape index (κ2) is 3.46. The van der Waals surface area contributed by atoms with Crippen LogP contribution in [0.25, 0.3) is 0 Å². The highest BCUT2D eigenvalue weighted by Gasteiger charge is 2.20. The molecule has 1 aromatic rings. The quantitative estimate of drug-likeness (QED) is 0.736. The summed E-state index contributed by atoms with van der Waals surface area (Å²) >= 11 is 0. The molecule has 0 aliphatic carbocycles. The highest BCUT2D eigenvalue weighted by atomic mass is 19.1. The highest BCUT2D eigenvalue weighted by Crippen LogP contribution is 2.28. The molecule has 0 aromatic heterocycles. The Kier molecular flexibility index (Phi) is 2.32. The molecule has 0 fully saturated rings. The minimum absolute atomic E-state index is 0.127. The van der Waals surface area contributed by atoms with Gasteiger partial charge in [-0.05, 0) is 29.7 Å². The fraction of sp³-hybridized carbons (Fsp3) is 0.455. The van der Waals surface area contributed by atoms with Gasteiger partial charge in [0.1, 0.15) is 5.82 Å². The van der Waals surface area contributed by atoms with Gasteiger partial charge in [0.15, 0.2) is 0 Å².